The van der Waals surface area contributed by atoms with Crippen LogP contribution in [0.3, 0.4) is 0 Å². The zero-order chi connectivity index (χ0) is 21.4. The van der Waals surface area contributed by atoms with E-state index in [-0.39, 0.29) is 17.5 Å². The number of halogens is 1. The van der Waals surface area contributed by atoms with E-state index in [1.165, 1.54) is 4.90 Å². The van der Waals surface area contributed by atoms with Crippen LogP contribution < -0.4 is 10.2 Å². The Morgan fingerprint density at radius 2 is 1.53 bits per heavy atom. The Kier molecular flexibility index (Phi) is 5.18. The molecule has 4 rings (SSSR count). The lowest BCUT2D eigenvalue weighted by molar-refractivity contribution is -0.120. The van der Waals surface area contributed by atoms with Gasteiger partial charge in [0.25, 0.3) is 11.8 Å². The molecule has 4 nitrogen and oxygen atoms in total. The summed E-state index contributed by atoms with van der Waals surface area (Å²) in [6.45, 7) is 5.87. The van der Waals surface area contributed by atoms with Crippen LogP contribution in [0.15, 0.2) is 72.4 Å². The fraction of sp³-hybridized carbons (Fsp3) is 0.120. The molecule has 1 N–H and O–H groups in total. The molecule has 1 aliphatic rings. The molecular weight excluding hydrogens is 396 g/mol. The van der Waals surface area contributed by atoms with Crippen LogP contribution in [0.1, 0.15) is 22.3 Å². The van der Waals surface area contributed by atoms with Gasteiger partial charge in [-0.05, 0) is 61.7 Å². The van der Waals surface area contributed by atoms with E-state index in [4.69, 9.17) is 11.6 Å². The van der Waals surface area contributed by atoms with Crippen LogP contribution in [0.5, 0.6) is 0 Å². The number of benzene rings is 3. The Labute approximate surface area is 180 Å². The lowest BCUT2D eigenvalue weighted by Crippen LogP contribution is -2.32. The second kappa shape index (κ2) is 7.81. The van der Waals surface area contributed by atoms with Crippen molar-refractivity contribution in [2.45, 2.75) is 20.8 Å². The summed E-state index contributed by atoms with van der Waals surface area (Å²) in [5.41, 5.74) is 5.52. The lowest BCUT2D eigenvalue weighted by Gasteiger charge is -2.15. The molecule has 0 aliphatic carbocycles. The zero-order valence-electron chi connectivity index (χ0n) is 17.0. The number of para-hydroxylation sites is 1. The number of rotatable bonds is 4. The van der Waals surface area contributed by atoms with Crippen LogP contribution in [0.2, 0.25) is 5.02 Å². The summed E-state index contributed by atoms with van der Waals surface area (Å²) in [6.07, 6.45) is 0. The monoisotopic (exact) mass is 416 g/mol. The number of imide groups is 1. The number of anilines is 2. The Balaban J connectivity index is 1.89. The van der Waals surface area contributed by atoms with Gasteiger partial charge in [-0.2, -0.15) is 0 Å². The van der Waals surface area contributed by atoms with Crippen LogP contribution in [-0.2, 0) is 9.59 Å². The summed E-state index contributed by atoms with van der Waals surface area (Å²) in [5, 5.41) is 3.75. The zero-order valence-corrected chi connectivity index (χ0v) is 17.7. The molecule has 0 saturated carbocycles. The molecule has 150 valence electrons. The number of nitrogens with zero attached hydrogens (tertiary/aromatic N) is 1. The van der Waals surface area contributed by atoms with Gasteiger partial charge in [0.2, 0.25) is 0 Å². The van der Waals surface area contributed by atoms with E-state index in [9.17, 15) is 9.59 Å². The summed E-state index contributed by atoms with van der Waals surface area (Å²) < 4.78 is 0. The molecule has 1 heterocycles. The predicted molar refractivity (Wildman–Crippen MR) is 122 cm³/mol. The molecule has 3 aromatic rings. The molecule has 3 aromatic carbocycles. The number of carbonyl (C=O) groups excluding carboxylic acids is 2. The van der Waals surface area contributed by atoms with E-state index in [2.05, 4.69) is 5.32 Å². The van der Waals surface area contributed by atoms with Gasteiger partial charge in [-0.1, -0.05) is 59.6 Å². The fourth-order valence-electron chi connectivity index (χ4n) is 3.66. The number of amides is 2. The Morgan fingerprint density at radius 1 is 0.800 bits per heavy atom. The lowest BCUT2D eigenvalue weighted by atomic mass is 9.97. The highest BCUT2D eigenvalue weighted by atomic mass is 35.5. The normalized spacial score (nSPS) is 13.9. The highest BCUT2D eigenvalue weighted by Crippen LogP contribution is 2.36. The van der Waals surface area contributed by atoms with Gasteiger partial charge < -0.3 is 5.32 Å². The molecule has 2 amide bonds. The molecule has 0 atom stereocenters. The first-order valence-corrected chi connectivity index (χ1v) is 10.0. The van der Waals surface area contributed by atoms with Crippen molar-refractivity contribution in [1.82, 2.24) is 0 Å². The molecule has 0 radical (unpaired) electrons. The van der Waals surface area contributed by atoms with Crippen molar-refractivity contribution < 1.29 is 9.59 Å². The SMILES string of the molecule is Cc1ccc(C2=C(Nc3cc(Cl)ccc3C)C(=O)N(c3ccccc3)C2=O)c(C)c1. The quantitative estimate of drug-likeness (QED) is 0.558. The predicted octanol–water partition coefficient (Wildman–Crippen LogP) is 5.66. The minimum Gasteiger partial charge on any atom is -0.350 e. The van der Waals surface area contributed by atoms with Gasteiger partial charge in [-0.15, -0.1) is 0 Å². The van der Waals surface area contributed by atoms with Gasteiger partial charge in [0.15, 0.2) is 0 Å². The number of nitrogens with one attached hydrogen (secondary N) is 1. The average molecular weight is 417 g/mol. The molecule has 0 saturated heterocycles. The first kappa shape index (κ1) is 19.9. The first-order chi connectivity index (χ1) is 14.4. The second-order valence-electron chi connectivity index (χ2n) is 7.43. The van der Waals surface area contributed by atoms with Gasteiger partial charge in [0.05, 0.1) is 11.3 Å². The number of hydrogen-bond acceptors (Lipinski definition) is 3. The number of carbonyl (C=O) groups is 2. The standard InChI is InChI=1S/C25H21ClN2O2/c1-15-9-12-20(17(3)13-15)22-23(27-21-14-18(26)11-10-16(21)2)25(30)28(24(22)29)19-7-5-4-6-8-19/h4-14,27H,1-3H3. The molecule has 0 aromatic heterocycles. The third-order valence-corrected chi connectivity index (χ3v) is 5.44. The summed E-state index contributed by atoms with van der Waals surface area (Å²) in [6, 6.07) is 20.2. The van der Waals surface area contributed by atoms with Gasteiger partial charge in [0.1, 0.15) is 5.70 Å². The van der Waals surface area contributed by atoms with E-state index in [1.807, 2.05) is 51.1 Å². The molecule has 5 heteroatoms. The van der Waals surface area contributed by atoms with Crippen LogP contribution in [0.4, 0.5) is 11.4 Å². The summed E-state index contributed by atoms with van der Waals surface area (Å²) in [7, 11) is 0. The third-order valence-electron chi connectivity index (χ3n) is 5.21. The highest BCUT2D eigenvalue weighted by Gasteiger charge is 2.40. The topological polar surface area (TPSA) is 49.4 Å². The van der Waals surface area contributed by atoms with Crippen molar-refractivity contribution in [2.75, 3.05) is 10.2 Å². The minimum atomic E-state index is -0.388. The number of hydrogen-bond donors (Lipinski definition) is 1. The van der Waals surface area contributed by atoms with E-state index in [0.29, 0.717) is 22.0 Å². The van der Waals surface area contributed by atoms with Crippen LogP contribution in [-0.4, -0.2) is 11.8 Å². The molecule has 1 aliphatic heterocycles. The largest absolute Gasteiger partial charge is 0.350 e. The molecular formula is C25H21ClN2O2. The van der Waals surface area contributed by atoms with Gasteiger partial charge >= 0.3 is 0 Å². The van der Waals surface area contributed by atoms with Gasteiger partial charge in [0, 0.05) is 10.7 Å². The minimum absolute atomic E-state index is 0.251. The van der Waals surface area contributed by atoms with E-state index in [1.54, 1.807) is 36.4 Å². The van der Waals surface area contributed by atoms with E-state index >= 15 is 0 Å². The van der Waals surface area contributed by atoms with Crippen LogP contribution in [0, 0.1) is 20.8 Å². The Bertz CT molecular complexity index is 1200. The molecule has 0 fully saturated rings. The highest BCUT2D eigenvalue weighted by molar-refractivity contribution is 6.46. The Morgan fingerprint density at radius 3 is 2.23 bits per heavy atom. The fourth-order valence-corrected chi connectivity index (χ4v) is 3.84. The van der Waals surface area contributed by atoms with E-state index in [0.717, 1.165) is 22.3 Å². The maximum Gasteiger partial charge on any atom is 0.282 e. The molecule has 0 spiro atoms. The Hall–Kier alpha value is -3.37. The summed E-state index contributed by atoms with van der Waals surface area (Å²) in [5.74, 6) is -0.735. The molecule has 0 bridgehead atoms. The van der Waals surface area contributed by atoms with Crippen molar-refractivity contribution >= 4 is 40.4 Å². The van der Waals surface area contributed by atoms with Crippen LogP contribution >= 0.6 is 11.6 Å². The van der Waals surface area contributed by atoms with Crippen molar-refractivity contribution in [3.63, 3.8) is 0 Å². The molecule has 30 heavy (non-hydrogen) atoms. The van der Waals surface area contributed by atoms with Crippen LogP contribution in [0.25, 0.3) is 5.57 Å². The van der Waals surface area contributed by atoms with Gasteiger partial charge in [-0.3, -0.25) is 9.59 Å². The second-order valence-corrected chi connectivity index (χ2v) is 7.87. The van der Waals surface area contributed by atoms with Crippen molar-refractivity contribution in [1.29, 1.82) is 0 Å². The molecule has 0 unspecified atom stereocenters. The van der Waals surface area contributed by atoms with Crippen molar-refractivity contribution in [2.24, 2.45) is 0 Å². The summed E-state index contributed by atoms with van der Waals surface area (Å²) in [4.78, 5) is 28.1. The average Bonchev–Trinajstić information content (AvgIpc) is 2.95. The van der Waals surface area contributed by atoms with Gasteiger partial charge in [-0.25, -0.2) is 4.90 Å². The van der Waals surface area contributed by atoms with E-state index < -0.39 is 0 Å². The number of aryl methyl sites for hydroxylation is 3. The van der Waals surface area contributed by atoms with Crippen molar-refractivity contribution in [3.8, 4) is 0 Å². The maximum absolute atomic E-state index is 13.5. The third kappa shape index (κ3) is 3.51. The smallest absolute Gasteiger partial charge is 0.282 e. The summed E-state index contributed by atoms with van der Waals surface area (Å²) >= 11 is 6.17. The maximum atomic E-state index is 13.5. The van der Waals surface area contributed by atoms with Crippen molar-refractivity contribution in [3.05, 3.63) is 99.7 Å². The first-order valence-electron chi connectivity index (χ1n) is 9.65.